The fraction of sp³-hybridized carbons (Fsp3) is 0.267. The molecule has 0 aliphatic heterocycles. The molecule has 1 aromatic heterocycles. The third kappa shape index (κ3) is 4.38. The summed E-state index contributed by atoms with van der Waals surface area (Å²) in [6, 6.07) is 7.94. The van der Waals surface area contributed by atoms with Crippen molar-refractivity contribution in [1.82, 2.24) is 10.4 Å². The zero-order valence-corrected chi connectivity index (χ0v) is 15.6. The molecule has 2 aromatic rings. The van der Waals surface area contributed by atoms with Gasteiger partial charge in [-0.3, -0.25) is 10.8 Å². The maximum absolute atomic E-state index is 5.77. The second-order valence-corrected chi connectivity index (χ2v) is 6.96. The van der Waals surface area contributed by atoms with Gasteiger partial charge in [-0.2, -0.15) is 0 Å². The van der Waals surface area contributed by atoms with E-state index in [1.807, 2.05) is 32.0 Å². The van der Waals surface area contributed by atoms with Crippen molar-refractivity contribution in [2.45, 2.75) is 26.0 Å². The summed E-state index contributed by atoms with van der Waals surface area (Å²) in [5, 5.41) is 0. The first-order valence-electron chi connectivity index (χ1n) is 6.54. The van der Waals surface area contributed by atoms with Crippen LogP contribution in [-0.4, -0.2) is 11.1 Å². The Kier molecular flexibility index (Phi) is 5.98. The standard InChI is InChI=1S/C15H17BrIN3O/c1-9(2)21-12-5-10(7-19-8-12)15(20-18)13-6-11(16)3-4-14(13)17/h3-9,15,20H,18H2,1-2H3. The monoisotopic (exact) mass is 461 g/mol. The van der Waals surface area contributed by atoms with Crippen LogP contribution in [0.5, 0.6) is 5.75 Å². The highest BCUT2D eigenvalue weighted by atomic mass is 127. The predicted octanol–water partition coefficient (Wildman–Crippen LogP) is 3.79. The lowest BCUT2D eigenvalue weighted by Gasteiger charge is -2.19. The van der Waals surface area contributed by atoms with Crippen LogP contribution in [-0.2, 0) is 0 Å². The summed E-state index contributed by atoms with van der Waals surface area (Å²) < 4.78 is 7.84. The Labute approximate surface area is 146 Å². The third-order valence-corrected chi connectivity index (χ3v) is 4.35. The average molecular weight is 462 g/mol. The molecule has 21 heavy (non-hydrogen) atoms. The van der Waals surface area contributed by atoms with E-state index >= 15 is 0 Å². The van der Waals surface area contributed by atoms with Gasteiger partial charge in [-0.05, 0) is 71.8 Å². The summed E-state index contributed by atoms with van der Waals surface area (Å²) in [6.45, 7) is 3.98. The van der Waals surface area contributed by atoms with Crippen molar-refractivity contribution in [2.75, 3.05) is 0 Å². The molecule has 1 unspecified atom stereocenters. The second kappa shape index (κ2) is 7.53. The first kappa shape index (κ1) is 16.7. The number of nitrogens with zero attached hydrogens (tertiary/aromatic N) is 1. The van der Waals surface area contributed by atoms with Gasteiger partial charge in [0.05, 0.1) is 18.3 Å². The van der Waals surface area contributed by atoms with Gasteiger partial charge in [-0.1, -0.05) is 15.9 Å². The van der Waals surface area contributed by atoms with E-state index in [4.69, 9.17) is 10.6 Å². The molecular formula is C15H17BrIN3O. The number of nitrogens with one attached hydrogen (secondary N) is 1. The Morgan fingerprint density at radius 1 is 1.29 bits per heavy atom. The maximum atomic E-state index is 5.77. The number of rotatable bonds is 5. The number of hydrogen-bond donors (Lipinski definition) is 2. The summed E-state index contributed by atoms with van der Waals surface area (Å²) in [5.41, 5.74) is 4.92. The van der Waals surface area contributed by atoms with E-state index in [1.54, 1.807) is 12.4 Å². The van der Waals surface area contributed by atoms with Crippen LogP contribution in [0, 0.1) is 3.57 Å². The smallest absolute Gasteiger partial charge is 0.138 e. The van der Waals surface area contributed by atoms with Crippen molar-refractivity contribution in [3.05, 3.63) is 55.8 Å². The van der Waals surface area contributed by atoms with Crippen LogP contribution in [0.25, 0.3) is 0 Å². The SMILES string of the molecule is CC(C)Oc1cncc(C(NN)c2cc(Br)ccc2I)c1. The van der Waals surface area contributed by atoms with Gasteiger partial charge >= 0.3 is 0 Å². The molecule has 2 rings (SSSR count). The lowest BCUT2D eigenvalue weighted by atomic mass is 10.0. The largest absolute Gasteiger partial charge is 0.489 e. The maximum Gasteiger partial charge on any atom is 0.138 e. The Morgan fingerprint density at radius 3 is 2.71 bits per heavy atom. The van der Waals surface area contributed by atoms with Crippen LogP contribution >= 0.6 is 38.5 Å². The van der Waals surface area contributed by atoms with E-state index < -0.39 is 0 Å². The molecule has 3 N–H and O–H groups in total. The molecule has 0 fully saturated rings. The quantitative estimate of drug-likeness (QED) is 0.404. The first-order valence-corrected chi connectivity index (χ1v) is 8.41. The molecule has 0 aliphatic carbocycles. The van der Waals surface area contributed by atoms with Gasteiger partial charge in [0.25, 0.3) is 0 Å². The minimum Gasteiger partial charge on any atom is -0.489 e. The molecule has 0 amide bonds. The predicted molar refractivity (Wildman–Crippen MR) is 96.0 cm³/mol. The van der Waals surface area contributed by atoms with Crippen LogP contribution in [0.4, 0.5) is 0 Å². The van der Waals surface area contributed by atoms with Crippen molar-refractivity contribution in [3.8, 4) is 5.75 Å². The van der Waals surface area contributed by atoms with Crippen molar-refractivity contribution in [1.29, 1.82) is 0 Å². The van der Waals surface area contributed by atoms with Crippen molar-refractivity contribution < 1.29 is 4.74 Å². The van der Waals surface area contributed by atoms with Crippen molar-refractivity contribution in [3.63, 3.8) is 0 Å². The van der Waals surface area contributed by atoms with E-state index in [-0.39, 0.29) is 12.1 Å². The van der Waals surface area contributed by atoms with Crippen LogP contribution in [0.3, 0.4) is 0 Å². The van der Waals surface area contributed by atoms with Crippen LogP contribution in [0.2, 0.25) is 0 Å². The minimum atomic E-state index is -0.141. The Morgan fingerprint density at radius 2 is 2.05 bits per heavy atom. The summed E-state index contributed by atoms with van der Waals surface area (Å²) >= 11 is 5.80. The van der Waals surface area contributed by atoms with E-state index in [0.29, 0.717) is 0 Å². The number of ether oxygens (including phenoxy) is 1. The molecule has 0 radical (unpaired) electrons. The average Bonchev–Trinajstić information content (AvgIpc) is 2.43. The van der Waals surface area contributed by atoms with E-state index in [1.165, 1.54) is 0 Å². The lowest BCUT2D eigenvalue weighted by Crippen LogP contribution is -2.29. The minimum absolute atomic E-state index is 0.109. The highest BCUT2D eigenvalue weighted by Gasteiger charge is 2.17. The number of halogens is 2. The zero-order chi connectivity index (χ0) is 15.4. The van der Waals surface area contributed by atoms with Crippen LogP contribution in [0.15, 0.2) is 41.1 Å². The molecule has 0 saturated carbocycles. The number of hydrazine groups is 1. The van der Waals surface area contributed by atoms with Crippen molar-refractivity contribution >= 4 is 38.5 Å². The first-order chi connectivity index (χ1) is 10.0. The van der Waals surface area contributed by atoms with E-state index in [2.05, 4.69) is 55.0 Å². The Hall–Kier alpha value is -0.700. The molecule has 0 spiro atoms. The number of pyridine rings is 1. The summed E-state index contributed by atoms with van der Waals surface area (Å²) in [4.78, 5) is 4.25. The fourth-order valence-corrected chi connectivity index (χ4v) is 3.06. The molecule has 112 valence electrons. The molecule has 1 heterocycles. The lowest BCUT2D eigenvalue weighted by molar-refractivity contribution is 0.241. The highest BCUT2D eigenvalue weighted by Crippen LogP contribution is 2.29. The molecule has 1 aromatic carbocycles. The summed E-state index contributed by atoms with van der Waals surface area (Å²) in [6.07, 6.45) is 3.62. The molecular weight excluding hydrogens is 445 g/mol. The molecule has 0 saturated heterocycles. The van der Waals surface area contributed by atoms with Gasteiger partial charge < -0.3 is 4.74 Å². The summed E-state index contributed by atoms with van der Waals surface area (Å²) in [7, 11) is 0. The summed E-state index contributed by atoms with van der Waals surface area (Å²) in [5.74, 6) is 6.51. The molecule has 1 atom stereocenters. The van der Waals surface area contributed by atoms with Gasteiger partial charge in [0.2, 0.25) is 0 Å². The fourth-order valence-electron chi connectivity index (χ4n) is 2.03. The van der Waals surface area contributed by atoms with E-state index in [9.17, 15) is 0 Å². The molecule has 0 aliphatic rings. The van der Waals surface area contributed by atoms with E-state index in [0.717, 1.165) is 24.9 Å². The number of benzene rings is 1. The highest BCUT2D eigenvalue weighted by molar-refractivity contribution is 14.1. The van der Waals surface area contributed by atoms with Crippen LogP contribution < -0.4 is 16.0 Å². The molecule has 0 bridgehead atoms. The second-order valence-electron chi connectivity index (χ2n) is 4.89. The normalized spacial score (nSPS) is 12.5. The number of nitrogens with two attached hydrogens (primary N) is 1. The van der Waals surface area contributed by atoms with Gasteiger partial charge in [0, 0.05) is 14.2 Å². The third-order valence-electron chi connectivity index (χ3n) is 2.88. The molecule has 4 nitrogen and oxygen atoms in total. The van der Waals surface area contributed by atoms with Gasteiger partial charge in [0.1, 0.15) is 5.75 Å². The Balaban J connectivity index is 2.39. The number of hydrogen-bond acceptors (Lipinski definition) is 4. The van der Waals surface area contributed by atoms with Crippen molar-refractivity contribution in [2.24, 2.45) is 5.84 Å². The van der Waals surface area contributed by atoms with Gasteiger partial charge in [-0.15, -0.1) is 0 Å². The Bertz CT molecular complexity index is 622. The van der Waals surface area contributed by atoms with Crippen LogP contribution in [0.1, 0.15) is 31.0 Å². The van der Waals surface area contributed by atoms with Gasteiger partial charge in [-0.25, -0.2) is 5.43 Å². The molecule has 6 heteroatoms. The topological polar surface area (TPSA) is 60.2 Å². The van der Waals surface area contributed by atoms with Gasteiger partial charge in [0.15, 0.2) is 0 Å². The zero-order valence-electron chi connectivity index (χ0n) is 11.8. The number of aromatic nitrogens is 1.